The van der Waals surface area contributed by atoms with E-state index in [2.05, 4.69) is 22.2 Å². The second-order valence-electron chi connectivity index (χ2n) is 3.48. The predicted octanol–water partition coefficient (Wildman–Crippen LogP) is 0.795. The van der Waals surface area contributed by atoms with Gasteiger partial charge in [0.2, 0.25) is 0 Å². The van der Waals surface area contributed by atoms with Gasteiger partial charge in [0.1, 0.15) is 6.04 Å². The van der Waals surface area contributed by atoms with Crippen molar-refractivity contribution in [3.63, 3.8) is 0 Å². The van der Waals surface area contributed by atoms with Crippen molar-refractivity contribution in [2.24, 2.45) is 0 Å². The molecule has 0 aliphatic rings. The Bertz CT molecular complexity index is 285. The summed E-state index contributed by atoms with van der Waals surface area (Å²) in [4.78, 5) is 17.7. The molecule has 0 aliphatic carbocycles. The van der Waals surface area contributed by atoms with Gasteiger partial charge in [-0.25, -0.2) is 4.98 Å². The summed E-state index contributed by atoms with van der Waals surface area (Å²) in [5, 5.41) is 12.0. The lowest BCUT2D eigenvalue weighted by atomic mass is 10.1. The van der Waals surface area contributed by atoms with E-state index in [4.69, 9.17) is 5.11 Å². The first-order valence-corrected chi connectivity index (χ1v) is 5.17. The number of carboxylic acid groups (broad SMARTS) is 1. The van der Waals surface area contributed by atoms with Crippen LogP contribution in [0.2, 0.25) is 0 Å². The number of H-pyrrole nitrogens is 1. The quantitative estimate of drug-likeness (QED) is 0.583. The van der Waals surface area contributed by atoms with Gasteiger partial charge in [0, 0.05) is 18.3 Å². The summed E-state index contributed by atoms with van der Waals surface area (Å²) in [5.41, 5.74) is 0.839. The van der Waals surface area contributed by atoms with Gasteiger partial charge in [-0.15, -0.1) is 0 Å². The summed E-state index contributed by atoms with van der Waals surface area (Å²) in [6, 6.07) is -0.531. The van der Waals surface area contributed by atoms with E-state index in [9.17, 15) is 4.79 Å². The highest BCUT2D eigenvalue weighted by atomic mass is 16.4. The molecule has 84 valence electrons. The molecule has 1 rings (SSSR count). The number of hydrogen-bond acceptors (Lipinski definition) is 3. The van der Waals surface area contributed by atoms with Crippen LogP contribution >= 0.6 is 0 Å². The van der Waals surface area contributed by atoms with Crippen LogP contribution in [0.5, 0.6) is 0 Å². The highest BCUT2D eigenvalue weighted by molar-refractivity contribution is 5.73. The summed E-state index contributed by atoms with van der Waals surface area (Å²) in [6.45, 7) is 2.81. The van der Waals surface area contributed by atoms with Crippen LogP contribution in [0.1, 0.15) is 25.5 Å². The molecule has 1 atom stereocenters. The molecular formula is C10H17N3O2. The van der Waals surface area contributed by atoms with Gasteiger partial charge in [0.05, 0.1) is 6.33 Å². The fourth-order valence-corrected chi connectivity index (χ4v) is 1.32. The number of nitrogens with one attached hydrogen (secondary N) is 2. The van der Waals surface area contributed by atoms with E-state index in [1.807, 2.05) is 0 Å². The lowest BCUT2D eigenvalue weighted by Gasteiger charge is -2.12. The van der Waals surface area contributed by atoms with E-state index in [-0.39, 0.29) is 0 Å². The van der Waals surface area contributed by atoms with Crippen molar-refractivity contribution in [1.82, 2.24) is 15.3 Å². The highest BCUT2D eigenvalue weighted by Crippen LogP contribution is 1.99. The van der Waals surface area contributed by atoms with Gasteiger partial charge < -0.3 is 15.4 Å². The van der Waals surface area contributed by atoms with Crippen LogP contribution in [0.3, 0.4) is 0 Å². The molecule has 1 unspecified atom stereocenters. The average molecular weight is 211 g/mol. The highest BCUT2D eigenvalue weighted by Gasteiger charge is 2.17. The Morgan fingerprint density at radius 3 is 3.07 bits per heavy atom. The summed E-state index contributed by atoms with van der Waals surface area (Å²) in [5.74, 6) is -0.819. The molecule has 0 saturated carbocycles. The summed E-state index contributed by atoms with van der Waals surface area (Å²) in [6.07, 6.45) is 5.70. The van der Waals surface area contributed by atoms with Gasteiger partial charge in [-0.3, -0.25) is 4.79 Å². The van der Waals surface area contributed by atoms with Crippen molar-refractivity contribution >= 4 is 5.97 Å². The molecular weight excluding hydrogens is 194 g/mol. The van der Waals surface area contributed by atoms with E-state index in [0.29, 0.717) is 6.42 Å². The first-order valence-electron chi connectivity index (χ1n) is 5.17. The van der Waals surface area contributed by atoms with Crippen LogP contribution in [0.4, 0.5) is 0 Å². The Kier molecular flexibility index (Phi) is 4.83. The molecule has 0 bridgehead atoms. The Balaban J connectivity index is 2.40. The van der Waals surface area contributed by atoms with E-state index >= 15 is 0 Å². The topological polar surface area (TPSA) is 78.0 Å². The molecule has 1 aromatic heterocycles. The molecule has 0 spiro atoms. The number of hydrogen-bond donors (Lipinski definition) is 3. The molecule has 0 saturated heterocycles. The van der Waals surface area contributed by atoms with Crippen molar-refractivity contribution in [3.8, 4) is 0 Å². The monoisotopic (exact) mass is 211 g/mol. The smallest absolute Gasteiger partial charge is 0.321 e. The van der Waals surface area contributed by atoms with E-state index in [1.54, 1.807) is 12.5 Å². The lowest BCUT2D eigenvalue weighted by molar-refractivity contribution is -0.139. The third-order valence-corrected chi connectivity index (χ3v) is 2.20. The average Bonchev–Trinajstić information content (AvgIpc) is 2.69. The molecule has 0 fully saturated rings. The normalized spacial score (nSPS) is 12.6. The maximum Gasteiger partial charge on any atom is 0.321 e. The van der Waals surface area contributed by atoms with Crippen molar-refractivity contribution in [3.05, 3.63) is 18.2 Å². The van der Waals surface area contributed by atoms with E-state index < -0.39 is 12.0 Å². The Morgan fingerprint density at radius 1 is 1.73 bits per heavy atom. The van der Waals surface area contributed by atoms with Crippen LogP contribution in [-0.4, -0.2) is 33.6 Å². The van der Waals surface area contributed by atoms with Crippen LogP contribution in [0.15, 0.2) is 12.5 Å². The third-order valence-electron chi connectivity index (χ3n) is 2.20. The third kappa shape index (κ3) is 4.12. The van der Waals surface area contributed by atoms with Crippen molar-refractivity contribution in [2.45, 2.75) is 32.2 Å². The van der Waals surface area contributed by atoms with Gasteiger partial charge in [0.25, 0.3) is 0 Å². The van der Waals surface area contributed by atoms with Crippen LogP contribution in [0.25, 0.3) is 0 Å². The minimum absolute atomic E-state index is 0.443. The van der Waals surface area contributed by atoms with Crippen molar-refractivity contribution in [2.75, 3.05) is 6.54 Å². The molecule has 3 N–H and O–H groups in total. The number of nitrogens with zero attached hydrogens (tertiary/aromatic N) is 1. The molecule has 5 heteroatoms. The summed E-state index contributed by atoms with van der Waals surface area (Å²) >= 11 is 0. The maximum absolute atomic E-state index is 10.9. The van der Waals surface area contributed by atoms with Gasteiger partial charge in [0.15, 0.2) is 0 Å². The Labute approximate surface area is 88.9 Å². The molecule has 0 aliphatic heterocycles. The minimum atomic E-state index is -0.819. The fourth-order valence-electron chi connectivity index (χ4n) is 1.32. The van der Waals surface area contributed by atoms with E-state index in [1.165, 1.54) is 0 Å². The molecule has 15 heavy (non-hydrogen) atoms. The SMILES string of the molecule is CCCCNC(Cc1cnc[nH]1)C(=O)O. The number of aliphatic carboxylic acids is 1. The molecule has 1 aromatic rings. The van der Waals surface area contributed by atoms with Crippen LogP contribution in [0, 0.1) is 0 Å². The standard InChI is InChI=1S/C10H17N3O2/c1-2-3-4-12-9(10(14)15)5-8-6-11-7-13-8/h6-7,9,12H,2-5H2,1H3,(H,11,13)(H,14,15). The molecule has 0 radical (unpaired) electrons. The molecule has 1 heterocycles. The predicted molar refractivity (Wildman–Crippen MR) is 56.6 cm³/mol. The van der Waals surface area contributed by atoms with Crippen LogP contribution < -0.4 is 5.32 Å². The second-order valence-corrected chi connectivity index (χ2v) is 3.48. The second kappa shape index (κ2) is 6.19. The van der Waals surface area contributed by atoms with Gasteiger partial charge in [-0.05, 0) is 13.0 Å². The van der Waals surface area contributed by atoms with Crippen molar-refractivity contribution < 1.29 is 9.90 Å². The number of rotatable bonds is 7. The number of aromatic amines is 1. The molecule has 0 aromatic carbocycles. The van der Waals surface area contributed by atoms with Gasteiger partial charge >= 0.3 is 5.97 Å². The first-order chi connectivity index (χ1) is 7.24. The molecule has 0 amide bonds. The zero-order valence-electron chi connectivity index (χ0n) is 8.86. The Hall–Kier alpha value is -1.36. The fraction of sp³-hybridized carbons (Fsp3) is 0.600. The zero-order chi connectivity index (χ0) is 11.1. The largest absolute Gasteiger partial charge is 0.480 e. The number of carboxylic acids is 1. The van der Waals surface area contributed by atoms with E-state index in [0.717, 1.165) is 25.1 Å². The molecule has 5 nitrogen and oxygen atoms in total. The lowest BCUT2D eigenvalue weighted by Crippen LogP contribution is -2.39. The maximum atomic E-state index is 10.9. The van der Waals surface area contributed by atoms with Crippen LogP contribution in [-0.2, 0) is 11.2 Å². The number of aromatic nitrogens is 2. The van der Waals surface area contributed by atoms with Gasteiger partial charge in [-0.1, -0.05) is 13.3 Å². The Morgan fingerprint density at radius 2 is 2.53 bits per heavy atom. The van der Waals surface area contributed by atoms with Crippen molar-refractivity contribution in [1.29, 1.82) is 0 Å². The zero-order valence-corrected chi connectivity index (χ0v) is 8.86. The number of imidazole rings is 1. The summed E-state index contributed by atoms with van der Waals surface area (Å²) < 4.78 is 0. The number of unbranched alkanes of at least 4 members (excludes halogenated alkanes) is 1. The summed E-state index contributed by atoms with van der Waals surface area (Å²) in [7, 11) is 0. The minimum Gasteiger partial charge on any atom is -0.480 e. The van der Waals surface area contributed by atoms with Gasteiger partial charge in [-0.2, -0.15) is 0 Å². The number of carbonyl (C=O) groups is 1. The first kappa shape index (κ1) is 11.7.